The highest BCUT2D eigenvalue weighted by molar-refractivity contribution is 5.33. The molecule has 3 nitrogen and oxygen atoms in total. The number of hydrogen-bond donors (Lipinski definition) is 1. The molecule has 1 saturated heterocycles. The molecule has 2 aromatic rings. The molecule has 2 aliphatic rings. The van der Waals surface area contributed by atoms with Crippen molar-refractivity contribution >= 4 is 0 Å². The van der Waals surface area contributed by atoms with Gasteiger partial charge < -0.3 is 10.1 Å². The van der Waals surface area contributed by atoms with Crippen molar-refractivity contribution in [3.05, 3.63) is 65.5 Å². The molecular weight excluding hydrogens is 272 g/mol. The summed E-state index contributed by atoms with van der Waals surface area (Å²) in [5, 5.41) is 3.85. The Morgan fingerprint density at radius 1 is 1.00 bits per heavy atom. The fraction of sp³-hybridized carbons (Fsp3) is 0.421. The molecule has 1 N–H and O–H groups in total. The summed E-state index contributed by atoms with van der Waals surface area (Å²) >= 11 is 0. The molecule has 0 unspecified atom stereocenters. The summed E-state index contributed by atoms with van der Waals surface area (Å²) in [6.07, 6.45) is 7.12. The van der Waals surface area contributed by atoms with Crippen LogP contribution >= 0.6 is 0 Å². The van der Waals surface area contributed by atoms with Crippen LogP contribution in [-0.2, 0) is 24.0 Å². The Morgan fingerprint density at radius 2 is 1.73 bits per heavy atom. The predicted molar refractivity (Wildman–Crippen MR) is 86.8 cm³/mol. The SMILES string of the molecule is c1ccc2c(c1)CC(N[C@H]1COC[C@H]1Cc1ccncc1)C2. The van der Waals surface area contributed by atoms with E-state index in [0.717, 1.165) is 32.5 Å². The van der Waals surface area contributed by atoms with Crippen LogP contribution in [-0.4, -0.2) is 30.3 Å². The van der Waals surface area contributed by atoms with Crippen molar-refractivity contribution in [2.75, 3.05) is 13.2 Å². The Kier molecular flexibility index (Phi) is 3.92. The molecule has 0 spiro atoms. The highest BCUT2D eigenvalue weighted by Crippen LogP contribution is 2.25. The zero-order chi connectivity index (χ0) is 14.8. The van der Waals surface area contributed by atoms with Crippen LogP contribution in [0.2, 0.25) is 0 Å². The van der Waals surface area contributed by atoms with E-state index >= 15 is 0 Å². The fourth-order valence-corrected chi connectivity index (χ4v) is 3.79. The van der Waals surface area contributed by atoms with Crippen LogP contribution in [0.3, 0.4) is 0 Å². The largest absolute Gasteiger partial charge is 0.379 e. The van der Waals surface area contributed by atoms with Gasteiger partial charge in [0.25, 0.3) is 0 Å². The lowest BCUT2D eigenvalue weighted by atomic mass is 9.94. The highest BCUT2D eigenvalue weighted by Gasteiger charge is 2.31. The molecule has 1 aliphatic heterocycles. The van der Waals surface area contributed by atoms with Crippen LogP contribution in [0.25, 0.3) is 0 Å². The van der Waals surface area contributed by atoms with E-state index in [1.54, 1.807) is 0 Å². The Balaban J connectivity index is 1.38. The van der Waals surface area contributed by atoms with E-state index in [0.29, 0.717) is 18.0 Å². The first-order valence-electron chi connectivity index (χ1n) is 8.18. The van der Waals surface area contributed by atoms with Gasteiger partial charge in [0.2, 0.25) is 0 Å². The van der Waals surface area contributed by atoms with Gasteiger partial charge in [-0.15, -0.1) is 0 Å². The topological polar surface area (TPSA) is 34.1 Å². The first kappa shape index (κ1) is 13.9. The van der Waals surface area contributed by atoms with E-state index in [-0.39, 0.29) is 0 Å². The molecule has 0 amide bonds. The second-order valence-corrected chi connectivity index (χ2v) is 6.50. The molecular formula is C19H22N2O. The number of ether oxygens (including phenoxy) is 1. The fourth-order valence-electron chi connectivity index (χ4n) is 3.79. The molecule has 3 heteroatoms. The van der Waals surface area contributed by atoms with Gasteiger partial charge in [-0.1, -0.05) is 24.3 Å². The third-order valence-corrected chi connectivity index (χ3v) is 4.95. The summed E-state index contributed by atoms with van der Waals surface area (Å²) in [6, 6.07) is 14.1. The van der Waals surface area contributed by atoms with Crippen LogP contribution in [0, 0.1) is 5.92 Å². The van der Waals surface area contributed by atoms with Crippen LogP contribution < -0.4 is 5.32 Å². The van der Waals surface area contributed by atoms with Crippen LogP contribution in [0.15, 0.2) is 48.8 Å². The Hall–Kier alpha value is -1.71. The second kappa shape index (κ2) is 6.19. The summed E-state index contributed by atoms with van der Waals surface area (Å²) in [5.41, 5.74) is 4.36. The molecule has 1 aromatic heterocycles. The molecule has 0 radical (unpaired) electrons. The van der Waals surface area contributed by atoms with Gasteiger partial charge in [-0.2, -0.15) is 0 Å². The molecule has 1 aromatic carbocycles. The minimum Gasteiger partial charge on any atom is -0.379 e. The number of nitrogens with zero attached hydrogens (tertiary/aromatic N) is 1. The smallest absolute Gasteiger partial charge is 0.0623 e. The van der Waals surface area contributed by atoms with Crippen molar-refractivity contribution in [2.24, 2.45) is 5.92 Å². The maximum absolute atomic E-state index is 5.75. The maximum atomic E-state index is 5.75. The van der Waals surface area contributed by atoms with E-state index < -0.39 is 0 Å². The molecule has 114 valence electrons. The molecule has 4 rings (SSSR count). The van der Waals surface area contributed by atoms with E-state index in [2.05, 4.69) is 46.7 Å². The van der Waals surface area contributed by atoms with Gasteiger partial charge in [-0.3, -0.25) is 4.98 Å². The lowest BCUT2D eigenvalue weighted by molar-refractivity contribution is 0.181. The van der Waals surface area contributed by atoms with Gasteiger partial charge in [0.1, 0.15) is 0 Å². The molecule has 22 heavy (non-hydrogen) atoms. The third-order valence-electron chi connectivity index (χ3n) is 4.95. The van der Waals surface area contributed by atoms with Gasteiger partial charge in [0, 0.05) is 30.4 Å². The third kappa shape index (κ3) is 2.92. The summed E-state index contributed by atoms with van der Waals surface area (Å²) < 4.78 is 5.75. The molecule has 1 fully saturated rings. The number of hydrogen-bond acceptors (Lipinski definition) is 3. The van der Waals surface area contributed by atoms with Crippen molar-refractivity contribution < 1.29 is 4.74 Å². The van der Waals surface area contributed by atoms with Gasteiger partial charge in [0.05, 0.1) is 13.2 Å². The number of fused-ring (bicyclic) bond motifs is 1. The molecule has 0 bridgehead atoms. The van der Waals surface area contributed by atoms with Crippen molar-refractivity contribution in [1.29, 1.82) is 0 Å². The van der Waals surface area contributed by atoms with Crippen molar-refractivity contribution in [3.63, 3.8) is 0 Å². The van der Waals surface area contributed by atoms with E-state index in [9.17, 15) is 0 Å². The van der Waals surface area contributed by atoms with Gasteiger partial charge in [0.15, 0.2) is 0 Å². The number of rotatable bonds is 4. The summed E-state index contributed by atoms with van der Waals surface area (Å²) in [7, 11) is 0. The predicted octanol–water partition coefficient (Wildman–Crippen LogP) is 2.40. The van der Waals surface area contributed by atoms with Crippen LogP contribution in [0.1, 0.15) is 16.7 Å². The second-order valence-electron chi connectivity index (χ2n) is 6.50. The molecule has 0 saturated carbocycles. The monoisotopic (exact) mass is 294 g/mol. The average Bonchev–Trinajstić information content (AvgIpc) is 3.15. The van der Waals surface area contributed by atoms with Crippen LogP contribution in [0.5, 0.6) is 0 Å². The minimum atomic E-state index is 0.465. The molecule has 1 aliphatic carbocycles. The quantitative estimate of drug-likeness (QED) is 0.940. The molecule has 2 atom stereocenters. The van der Waals surface area contributed by atoms with E-state index in [1.165, 1.54) is 16.7 Å². The number of nitrogens with one attached hydrogen (secondary N) is 1. The Morgan fingerprint density at radius 3 is 2.45 bits per heavy atom. The highest BCUT2D eigenvalue weighted by atomic mass is 16.5. The lowest BCUT2D eigenvalue weighted by Crippen LogP contribution is -2.43. The van der Waals surface area contributed by atoms with Crippen molar-refractivity contribution in [3.8, 4) is 0 Å². The van der Waals surface area contributed by atoms with Gasteiger partial charge in [-0.25, -0.2) is 0 Å². The van der Waals surface area contributed by atoms with Crippen LogP contribution in [0.4, 0.5) is 0 Å². The summed E-state index contributed by atoms with van der Waals surface area (Å²) in [5.74, 6) is 0.561. The zero-order valence-corrected chi connectivity index (χ0v) is 12.7. The van der Waals surface area contributed by atoms with E-state index in [1.807, 2.05) is 12.4 Å². The average molecular weight is 294 g/mol. The lowest BCUT2D eigenvalue weighted by Gasteiger charge is -2.23. The summed E-state index contributed by atoms with van der Waals surface area (Å²) in [4.78, 5) is 4.10. The first-order valence-corrected chi connectivity index (χ1v) is 8.18. The number of benzene rings is 1. The Labute approximate surface area is 131 Å². The Bertz CT molecular complexity index is 603. The van der Waals surface area contributed by atoms with Crippen molar-refractivity contribution in [2.45, 2.75) is 31.3 Å². The van der Waals surface area contributed by atoms with Crippen molar-refractivity contribution in [1.82, 2.24) is 10.3 Å². The minimum absolute atomic E-state index is 0.465. The summed E-state index contributed by atoms with van der Waals surface area (Å²) in [6.45, 7) is 1.70. The van der Waals surface area contributed by atoms with E-state index in [4.69, 9.17) is 4.74 Å². The first-order chi connectivity index (χ1) is 10.9. The van der Waals surface area contributed by atoms with Gasteiger partial charge >= 0.3 is 0 Å². The zero-order valence-electron chi connectivity index (χ0n) is 12.7. The van der Waals surface area contributed by atoms with Gasteiger partial charge in [-0.05, 0) is 48.1 Å². The number of pyridine rings is 1. The normalized spacial score (nSPS) is 24.5. The maximum Gasteiger partial charge on any atom is 0.0623 e. The number of aromatic nitrogens is 1. The molecule has 2 heterocycles. The standard InChI is InChI=1S/C19H22N2O/c1-2-4-16-11-18(10-15(16)3-1)21-19-13-22-12-17(19)9-14-5-7-20-8-6-14/h1-8,17-19,21H,9-13H2/t17-,19+/m1/s1.